The number of nitrogens with zero attached hydrogens (tertiary/aromatic N) is 2. The van der Waals surface area contributed by atoms with Gasteiger partial charge in [0.2, 0.25) is 0 Å². The third-order valence-corrected chi connectivity index (χ3v) is 5.13. The Labute approximate surface area is 154 Å². The molecule has 0 bridgehead atoms. The van der Waals surface area contributed by atoms with Crippen LogP contribution in [-0.4, -0.2) is 49.6 Å². The summed E-state index contributed by atoms with van der Waals surface area (Å²) in [4.78, 5) is 6.69. The first kappa shape index (κ1) is 18.8. The minimum atomic E-state index is -0.466. The van der Waals surface area contributed by atoms with Gasteiger partial charge in [0.25, 0.3) is 0 Å². The van der Waals surface area contributed by atoms with Crippen LogP contribution in [0.5, 0.6) is 0 Å². The summed E-state index contributed by atoms with van der Waals surface area (Å²) >= 11 is 0. The van der Waals surface area contributed by atoms with Gasteiger partial charge in [0.1, 0.15) is 11.6 Å². The number of hydrogen-bond donors (Lipinski definition) is 2. The fourth-order valence-corrected chi connectivity index (χ4v) is 3.70. The summed E-state index contributed by atoms with van der Waals surface area (Å²) in [5, 5.41) is 6.77. The second kappa shape index (κ2) is 8.16. The lowest BCUT2D eigenvalue weighted by atomic mass is 10.0. The van der Waals surface area contributed by atoms with E-state index in [1.54, 1.807) is 7.05 Å². The number of halogens is 2. The van der Waals surface area contributed by atoms with Gasteiger partial charge in [-0.1, -0.05) is 18.2 Å². The predicted molar refractivity (Wildman–Crippen MR) is 101 cm³/mol. The molecule has 1 aliphatic heterocycles. The van der Waals surface area contributed by atoms with Crippen LogP contribution in [0.1, 0.15) is 37.7 Å². The summed E-state index contributed by atoms with van der Waals surface area (Å²) in [5.41, 5.74) is 1.38. The largest absolute Gasteiger partial charge is 0.354 e. The molecular formula is C20H28F2N4. The van der Waals surface area contributed by atoms with E-state index in [0.29, 0.717) is 12.0 Å². The minimum absolute atomic E-state index is 0.0242. The van der Waals surface area contributed by atoms with Gasteiger partial charge in [-0.15, -0.1) is 0 Å². The summed E-state index contributed by atoms with van der Waals surface area (Å²) in [5.74, 6) is -0.348. The monoisotopic (exact) mass is 362 g/mol. The Hall–Kier alpha value is -1.95. The van der Waals surface area contributed by atoms with Crippen molar-refractivity contribution in [1.29, 1.82) is 0 Å². The van der Waals surface area contributed by atoms with Gasteiger partial charge in [-0.2, -0.15) is 0 Å². The molecule has 2 fully saturated rings. The van der Waals surface area contributed by atoms with Crippen LogP contribution < -0.4 is 10.6 Å². The van der Waals surface area contributed by atoms with E-state index in [9.17, 15) is 8.78 Å². The van der Waals surface area contributed by atoms with Crippen LogP contribution in [0.3, 0.4) is 0 Å². The Bertz CT molecular complexity index is 660. The van der Waals surface area contributed by atoms with E-state index in [1.165, 1.54) is 23.8 Å². The average molecular weight is 362 g/mol. The third-order valence-electron chi connectivity index (χ3n) is 5.13. The van der Waals surface area contributed by atoms with Gasteiger partial charge >= 0.3 is 0 Å². The summed E-state index contributed by atoms with van der Waals surface area (Å²) in [6, 6.07) is 4.43. The molecule has 4 nitrogen and oxygen atoms in total. The molecule has 2 N–H and O–H groups in total. The first-order chi connectivity index (χ1) is 12.5. The number of likely N-dealkylation sites (tertiary alicyclic amines) is 1. The van der Waals surface area contributed by atoms with Crippen molar-refractivity contribution in [3.8, 4) is 0 Å². The maximum atomic E-state index is 13.9. The van der Waals surface area contributed by atoms with Gasteiger partial charge in [0.05, 0.1) is 0 Å². The maximum absolute atomic E-state index is 13.9. The van der Waals surface area contributed by atoms with Crippen molar-refractivity contribution in [2.24, 2.45) is 4.99 Å². The van der Waals surface area contributed by atoms with E-state index >= 15 is 0 Å². The Morgan fingerprint density at radius 2 is 1.88 bits per heavy atom. The van der Waals surface area contributed by atoms with Gasteiger partial charge in [-0.05, 0) is 38.3 Å². The van der Waals surface area contributed by atoms with E-state index in [0.717, 1.165) is 38.9 Å². The molecule has 2 aliphatic rings. The smallest absolute Gasteiger partial charge is 0.191 e. The number of piperidine rings is 1. The normalized spacial score (nSPS) is 24.4. The number of hydrogen-bond acceptors (Lipinski definition) is 2. The molecule has 0 radical (unpaired) electrons. The van der Waals surface area contributed by atoms with Crippen LogP contribution in [0.25, 0.3) is 0 Å². The fraction of sp³-hybridized carbons (Fsp3) is 0.550. The van der Waals surface area contributed by atoms with Gasteiger partial charge in [0, 0.05) is 50.2 Å². The zero-order chi connectivity index (χ0) is 18.7. The van der Waals surface area contributed by atoms with Crippen molar-refractivity contribution >= 4 is 5.96 Å². The summed E-state index contributed by atoms with van der Waals surface area (Å²) in [7, 11) is 1.73. The molecule has 1 heterocycles. The SMILES string of the molecule is C=C(C)CN1CCC(NC(=NC)NC2CC2c2c(F)cccc2F)CC1. The minimum Gasteiger partial charge on any atom is -0.354 e. The first-order valence-corrected chi connectivity index (χ1v) is 9.28. The van der Waals surface area contributed by atoms with E-state index < -0.39 is 11.6 Å². The van der Waals surface area contributed by atoms with Crippen molar-refractivity contribution in [1.82, 2.24) is 15.5 Å². The Morgan fingerprint density at radius 1 is 1.23 bits per heavy atom. The maximum Gasteiger partial charge on any atom is 0.191 e. The molecule has 2 atom stereocenters. The van der Waals surface area contributed by atoms with Crippen molar-refractivity contribution in [2.45, 2.75) is 44.2 Å². The zero-order valence-electron chi connectivity index (χ0n) is 15.6. The lowest BCUT2D eigenvalue weighted by molar-refractivity contribution is 0.221. The predicted octanol–water partition coefficient (Wildman–Crippen LogP) is 3.03. The fourth-order valence-electron chi connectivity index (χ4n) is 3.70. The van der Waals surface area contributed by atoms with Crippen LogP contribution in [0.15, 0.2) is 35.3 Å². The van der Waals surface area contributed by atoms with Gasteiger partial charge in [-0.3, -0.25) is 9.89 Å². The third kappa shape index (κ3) is 4.61. The van der Waals surface area contributed by atoms with E-state index in [-0.39, 0.29) is 17.5 Å². The molecule has 1 aliphatic carbocycles. The second-order valence-corrected chi connectivity index (χ2v) is 7.45. The Balaban J connectivity index is 1.49. The average Bonchev–Trinajstić information content (AvgIpc) is 3.34. The number of rotatable bonds is 5. The summed E-state index contributed by atoms with van der Waals surface area (Å²) in [6.45, 7) is 9.06. The highest BCUT2D eigenvalue weighted by atomic mass is 19.1. The summed E-state index contributed by atoms with van der Waals surface area (Å²) < 4.78 is 27.8. The molecule has 2 unspecified atom stereocenters. The number of benzene rings is 1. The van der Waals surface area contributed by atoms with E-state index in [1.807, 2.05) is 0 Å². The first-order valence-electron chi connectivity index (χ1n) is 9.28. The van der Waals surface area contributed by atoms with E-state index in [2.05, 4.69) is 34.0 Å². The van der Waals surface area contributed by atoms with Crippen molar-refractivity contribution in [3.05, 3.63) is 47.5 Å². The van der Waals surface area contributed by atoms with E-state index in [4.69, 9.17) is 0 Å². The van der Waals surface area contributed by atoms with Gasteiger partial charge < -0.3 is 10.6 Å². The standard InChI is InChI=1S/C20H28F2N4/c1-13(2)12-26-9-7-14(8-10-26)24-20(23-3)25-18-11-15(18)19-16(21)5-4-6-17(19)22/h4-6,14-15,18H,1,7-12H2,2-3H3,(H2,23,24,25). The molecule has 1 aromatic rings. The molecule has 1 saturated carbocycles. The van der Waals surface area contributed by atoms with Gasteiger partial charge in [-0.25, -0.2) is 8.78 Å². The molecule has 0 spiro atoms. The molecule has 142 valence electrons. The molecule has 3 rings (SSSR count). The molecule has 1 saturated heterocycles. The summed E-state index contributed by atoms with van der Waals surface area (Å²) in [6.07, 6.45) is 2.81. The van der Waals surface area contributed by atoms with Crippen LogP contribution >= 0.6 is 0 Å². The Morgan fingerprint density at radius 3 is 2.46 bits per heavy atom. The van der Waals surface area contributed by atoms with Crippen LogP contribution in [0.2, 0.25) is 0 Å². The lowest BCUT2D eigenvalue weighted by Gasteiger charge is -2.33. The Kier molecular flexibility index (Phi) is 5.91. The molecule has 26 heavy (non-hydrogen) atoms. The molecule has 1 aromatic carbocycles. The molecule has 6 heteroatoms. The quantitative estimate of drug-likeness (QED) is 0.481. The number of aliphatic imine (C=N–C) groups is 1. The van der Waals surface area contributed by atoms with Crippen molar-refractivity contribution in [2.75, 3.05) is 26.7 Å². The van der Waals surface area contributed by atoms with Gasteiger partial charge in [0.15, 0.2) is 5.96 Å². The molecule has 0 amide bonds. The highest BCUT2D eigenvalue weighted by molar-refractivity contribution is 5.80. The van der Waals surface area contributed by atoms with Crippen LogP contribution in [-0.2, 0) is 0 Å². The topological polar surface area (TPSA) is 39.7 Å². The zero-order valence-corrected chi connectivity index (χ0v) is 15.6. The molecule has 0 aromatic heterocycles. The number of nitrogens with one attached hydrogen (secondary N) is 2. The van der Waals surface area contributed by atoms with Crippen LogP contribution in [0.4, 0.5) is 8.78 Å². The highest BCUT2D eigenvalue weighted by Gasteiger charge is 2.42. The van der Waals surface area contributed by atoms with Crippen LogP contribution in [0, 0.1) is 11.6 Å². The lowest BCUT2D eigenvalue weighted by Crippen LogP contribution is -2.49. The van der Waals surface area contributed by atoms with Crippen molar-refractivity contribution in [3.63, 3.8) is 0 Å². The second-order valence-electron chi connectivity index (χ2n) is 7.45. The number of guanidine groups is 1. The highest BCUT2D eigenvalue weighted by Crippen LogP contribution is 2.43. The molecular weight excluding hydrogens is 334 g/mol. The van der Waals surface area contributed by atoms with Crippen molar-refractivity contribution < 1.29 is 8.78 Å².